The van der Waals surface area contributed by atoms with Gasteiger partial charge in [-0.3, -0.25) is 15.0 Å². The number of nitrogens with zero attached hydrogens (tertiary/aromatic N) is 3. The molecule has 2 saturated heterocycles. The van der Waals surface area contributed by atoms with Crippen LogP contribution in [0.5, 0.6) is 5.75 Å². The number of anilines is 1. The molecular weight excluding hydrogens is 456 g/mol. The van der Waals surface area contributed by atoms with Gasteiger partial charge in [-0.05, 0) is 62.5 Å². The molecule has 2 aliphatic rings. The van der Waals surface area contributed by atoms with E-state index >= 15 is 0 Å². The molecule has 2 aromatic rings. The molecule has 2 aromatic carbocycles. The molecule has 34 heavy (non-hydrogen) atoms. The van der Waals surface area contributed by atoms with Crippen LogP contribution in [0, 0.1) is 10.1 Å². The molecule has 0 bridgehead atoms. The lowest BCUT2D eigenvalue weighted by Crippen LogP contribution is -2.37. The van der Waals surface area contributed by atoms with Crippen LogP contribution in [0.15, 0.2) is 47.4 Å². The molecular formula is C24H32N4O5S. The van der Waals surface area contributed by atoms with Gasteiger partial charge in [0.05, 0.1) is 23.8 Å². The van der Waals surface area contributed by atoms with Crippen molar-refractivity contribution in [3.63, 3.8) is 0 Å². The number of ether oxygens (including phenoxy) is 1. The van der Waals surface area contributed by atoms with E-state index in [0.717, 1.165) is 50.1 Å². The molecule has 1 atom stereocenters. The van der Waals surface area contributed by atoms with Crippen molar-refractivity contribution in [3.8, 4) is 5.75 Å². The highest BCUT2D eigenvalue weighted by Gasteiger charge is 2.31. The van der Waals surface area contributed by atoms with Gasteiger partial charge in [0, 0.05) is 31.8 Å². The summed E-state index contributed by atoms with van der Waals surface area (Å²) >= 11 is 0. The summed E-state index contributed by atoms with van der Waals surface area (Å²) < 4.78 is 33.4. The van der Waals surface area contributed by atoms with E-state index in [1.54, 1.807) is 7.11 Å². The van der Waals surface area contributed by atoms with E-state index < -0.39 is 14.9 Å². The molecule has 2 heterocycles. The third-order valence-corrected chi connectivity index (χ3v) is 8.62. The summed E-state index contributed by atoms with van der Waals surface area (Å²) in [5.74, 6) is 0.781. The monoisotopic (exact) mass is 488 g/mol. The number of sulfonamides is 1. The average molecular weight is 489 g/mol. The molecule has 0 aliphatic carbocycles. The summed E-state index contributed by atoms with van der Waals surface area (Å²) in [6.07, 6.45) is 5.05. The van der Waals surface area contributed by atoms with Crippen molar-refractivity contribution in [1.29, 1.82) is 0 Å². The Morgan fingerprint density at radius 1 is 1.00 bits per heavy atom. The molecule has 2 aliphatic heterocycles. The molecule has 10 heteroatoms. The number of methoxy groups -OCH3 is 1. The van der Waals surface area contributed by atoms with Crippen LogP contribution in [0.4, 0.5) is 11.4 Å². The van der Waals surface area contributed by atoms with Crippen LogP contribution in [0.25, 0.3) is 0 Å². The number of hydrogen-bond donors (Lipinski definition) is 1. The standard InChI is InChI=1S/C24H32N4O5S/c1-33-21-10-7-19(8-11-21)23(26-13-3-2-4-14-26)18-25-22-12-9-20(28(29)30)17-24(22)34(31,32)27-15-5-6-16-27/h7-12,17,23,25H,2-6,13-16,18H2,1H3/t23-/m1/s1. The van der Waals surface area contributed by atoms with Crippen molar-refractivity contribution >= 4 is 21.4 Å². The van der Waals surface area contributed by atoms with Crippen LogP contribution in [-0.4, -0.2) is 62.4 Å². The number of hydrogen-bond acceptors (Lipinski definition) is 7. The Kier molecular flexibility index (Phi) is 7.70. The normalized spacial score (nSPS) is 18.5. The number of nitro benzene ring substituents is 1. The molecule has 0 amide bonds. The van der Waals surface area contributed by atoms with Crippen molar-refractivity contribution in [3.05, 3.63) is 58.1 Å². The number of likely N-dealkylation sites (tertiary alicyclic amines) is 1. The zero-order valence-corrected chi connectivity index (χ0v) is 20.3. The number of nitrogens with one attached hydrogen (secondary N) is 1. The van der Waals surface area contributed by atoms with Crippen LogP contribution in [0.1, 0.15) is 43.7 Å². The highest BCUT2D eigenvalue weighted by atomic mass is 32.2. The first-order valence-electron chi connectivity index (χ1n) is 11.8. The van der Waals surface area contributed by atoms with Crippen molar-refractivity contribution < 1.29 is 18.1 Å². The Bertz CT molecular complexity index is 1090. The minimum Gasteiger partial charge on any atom is -0.497 e. The van der Waals surface area contributed by atoms with Crippen molar-refractivity contribution in [2.24, 2.45) is 0 Å². The van der Waals surface area contributed by atoms with Gasteiger partial charge in [-0.15, -0.1) is 0 Å². The lowest BCUT2D eigenvalue weighted by molar-refractivity contribution is -0.385. The largest absolute Gasteiger partial charge is 0.497 e. The maximum atomic E-state index is 13.4. The summed E-state index contributed by atoms with van der Waals surface area (Å²) in [6, 6.07) is 12.0. The molecule has 0 spiro atoms. The van der Waals surface area contributed by atoms with Crippen LogP contribution in [0.2, 0.25) is 0 Å². The third kappa shape index (κ3) is 5.34. The molecule has 0 aromatic heterocycles. The molecule has 2 fully saturated rings. The number of piperidine rings is 1. The van der Waals surface area contributed by atoms with E-state index in [0.29, 0.717) is 25.3 Å². The predicted octanol–water partition coefficient (Wildman–Crippen LogP) is 4.03. The SMILES string of the molecule is COc1ccc([C@@H](CNc2ccc([N+](=O)[O-])cc2S(=O)(=O)N2CCCC2)N2CCCCC2)cc1. The maximum Gasteiger partial charge on any atom is 0.270 e. The van der Waals surface area contributed by atoms with Gasteiger partial charge in [0.2, 0.25) is 10.0 Å². The van der Waals surface area contributed by atoms with Gasteiger partial charge >= 0.3 is 0 Å². The Morgan fingerprint density at radius 2 is 1.65 bits per heavy atom. The summed E-state index contributed by atoms with van der Waals surface area (Å²) in [7, 11) is -2.20. The lowest BCUT2D eigenvalue weighted by atomic mass is 10.0. The topological polar surface area (TPSA) is 105 Å². The van der Waals surface area contributed by atoms with E-state index in [9.17, 15) is 18.5 Å². The molecule has 1 N–H and O–H groups in total. The van der Waals surface area contributed by atoms with E-state index in [1.165, 1.54) is 28.9 Å². The minimum absolute atomic E-state index is 0.0312. The number of non-ortho nitro benzene ring substituents is 1. The van der Waals surface area contributed by atoms with E-state index in [1.807, 2.05) is 24.3 Å². The Labute approximate surface area is 200 Å². The molecule has 0 saturated carbocycles. The molecule has 0 radical (unpaired) electrons. The molecule has 0 unspecified atom stereocenters. The Hall–Kier alpha value is -2.69. The number of nitro groups is 1. The second-order valence-electron chi connectivity index (χ2n) is 8.82. The zero-order valence-electron chi connectivity index (χ0n) is 19.5. The van der Waals surface area contributed by atoms with Gasteiger partial charge < -0.3 is 10.1 Å². The fourth-order valence-corrected chi connectivity index (χ4v) is 6.48. The number of benzene rings is 2. The fourth-order valence-electron chi connectivity index (χ4n) is 4.77. The van der Waals surface area contributed by atoms with Gasteiger partial charge in [0.25, 0.3) is 5.69 Å². The molecule has 9 nitrogen and oxygen atoms in total. The lowest BCUT2D eigenvalue weighted by Gasteiger charge is -2.35. The van der Waals surface area contributed by atoms with Crippen LogP contribution >= 0.6 is 0 Å². The summed E-state index contributed by atoms with van der Waals surface area (Å²) in [6.45, 7) is 3.29. The highest BCUT2D eigenvalue weighted by molar-refractivity contribution is 7.89. The summed E-state index contributed by atoms with van der Waals surface area (Å²) in [4.78, 5) is 13.2. The van der Waals surface area contributed by atoms with Gasteiger partial charge in [-0.1, -0.05) is 18.6 Å². The third-order valence-electron chi connectivity index (χ3n) is 6.68. The summed E-state index contributed by atoms with van der Waals surface area (Å²) in [5, 5.41) is 14.7. The first-order valence-corrected chi connectivity index (χ1v) is 13.2. The van der Waals surface area contributed by atoms with Gasteiger partial charge in [-0.25, -0.2) is 8.42 Å². The number of rotatable bonds is 9. The summed E-state index contributed by atoms with van der Waals surface area (Å²) in [5.41, 5.74) is 1.28. The smallest absolute Gasteiger partial charge is 0.270 e. The van der Waals surface area contributed by atoms with Gasteiger partial charge in [-0.2, -0.15) is 4.31 Å². The van der Waals surface area contributed by atoms with Crippen LogP contribution in [0.3, 0.4) is 0 Å². The first kappa shape index (κ1) is 24.4. The minimum atomic E-state index is -3.84. The van der Waals surface area contributed by atoms with Crippen molar-refractivity contribution in [2.45, 2.75) is 43.0 Å². The van der Waals surface area contributed by atoms with Crippen molar-refractivity contribution in [1.82, 2.24) is 9.21 Å². The van der Waals surface area contributed by atoms with E-state index in [4.69, 9.17) is 4.74 Å². The Balaban J connectivity index is 1.64. The van der Waals surface area contributed by atoms with Crippen LogP contribution < -0.4 is 10.1 Å². The van der Waals surface area contributed by atoms with E-state index in [-0.39, 0.29) is 16.6 Å². The second kappa shape index (κ2) is 10.7. The zero-order chi connectivity index (χ0) is 24.1. The quantitative estimate of drug-likeness (QED) is 0.420. The fraction of sp³-hybridized carbons (Fsp3) is 0.500. The van der Waals surface area contributed by atoms with E-state index in [2.05, 4.69) is 10.2 Å². The average Bonchev–Trinajstić information content (AvgIpc) is 3.41. The molecule has 184 valence electrons. The maximum absolute atomic E-state index is 13.4. The van der Waals surface area contributed by atoms with Crippen molar-refractivity contribution in [2.75, 3.05) is 45.2 Å². The first-order chi connectivity index (χ1) is 16.4. The Morgan fingerprint density at radius 3 is 2.26 bits per heavy atom. The van der Waals surface area contributed by atoms with Crippen LogP contribution in [-0.2, 0) is 10.0 Å². The predicted molar refractivity (Wildman–Crippen MR) is 131 cm³/mol. The van der Waals surface area contributed by atoms with Gasteiger partial charge in [0.15, 0.2) is 0 Å². The second-order valence-corrected chi connectivity index (χ2v) is 10.7. The highest BCUT2D eigenvalue weighted by Crippen LogP contribution is 2.32. The molecule has 4 rings (SSSR count). The van der Waals surface area contributed by atoms with Gasteiger partial charge in [0.1, 0.15) is 10.6 Å².